The number of carbonyl (C=O) groups excluding carboxylic acids is 1. The largest absolute Gasteiger partial charge is 0.497 e. The van der Waals surface area contributed by atoms with Crippen molar-refractivity contribution < 1.29 is 23.7 Å². The van der Waals surface area contributed by atoms with E-state index >= 15 is 0 Å². The van der Waals surface area contributed by atoms with Crippen LogP contribution in [0.5, 0.6) is 34.5 Å². The number of rotatable bonds is 11. The summed E-state index contributed by atoms with van der Waals surface area (Å²) in [7, 11) is 1.63. The minimum atomic E-state index is -0.390. The van der Waals surface area contributed by atoms with Gasteiger partial charge in [-0.3, -0.25) is 4.79 Å². The molecule has 6 rings (SSSR count). The van der Waals surface area contributed by atoms with Crippen molar-refractivity contribution in [2.45, 2.75) is 6.92 Å². The molecule has 6 aromatic carbocycles. The maximum Gasteiger partial charge on any atom is 0.308 e. The SMILES string of the molecule is COc1cccc(Oc2cccc(N(c3ccc(C=Cc4ccccc4)cc3)c3cccc(Oc4cccc(OC(C)=O)c4)c3)c2)c1. The first kappa shape index (κ1) is 30.7. The molecule has 0 atom stereocenters. The molecule has 0 bridgehead atoms. The molecule has 0 N–H and O–H groups in total. The highest BCUT2D eigenvalue weighted by Gasteiger charge is 2.15. The fourth-order valence-corrected chi connectivity index (χ4v) is 5.01. The van der Waals surface area contributed by atoms with Crippen LogP contribution in [0.15, 0.2) is 152 Å². The van der Waals surface area contributed by atoms with Crippen LogP contribution in [0.25, 0.3) is 12.2 Å². The molecule has 0 radical (unpaired) electrons. The lowest BCUT2D eigenvalue weighted by Gasteiger charge is -2.26. The van der Waals surface area contributed by atoms with Crippen molar-refractivity contribution in [1.29, 1.82) is 0 Å². The van der Waals surface area contributed by atoms with Crippen molar-refractivity contribution in [3.63, 3.8) is 0 Å². The first-order valence-electron chi connectivity index (χ1n) is 15.1. The number of esters is 1. The zero-order chi connectivity index (χ0) is 32.4. The predicted octanol–water partition coefficient (Wildman–Crippen LogP) is 10.8. The predicted molar refractivity (Wildman–Crippen MR) is 187 cm³/mol. The lowest BCUT2D eigenvalue weighted by Crippen LogP contribution is -2.10. The minimum Gasteiger partial charge on any atom is -0.497 e. The number of anilines is 3. The van der Waals surface area contributed by atoms with Gasteiger partial charge in [-0.1, -0.05) is 78.9 Å². The summed E-state index contributed by atoms with van der Waals surface area (Å²) >= 11 is 0. The Balaban J connectivity index is 1.34. The minimum absolute atomic E-state index is 0.390. The topological polar surface area (TPSA) is 57.2 Å². The van der Waals surface area contributed by atoms with Gasteiger partial charge < -0.3 is 23.8 Å². The van der Waals surface area contributed by atoms with Gasteiger partial charge in [0, 0.05) is 48.3 Å². The molecule has 0 aliphatic heterocycles. The quantitative estimate of drug-likeness (QED) is 0.0817. The van der Waals surface area contributed by atoms with E-state index < -0.39 is 0 Å². The number of hydrogen-bond acceptors (Lipinski definition) is 6. The monoisotopic (exact) mass is 619 g/mol. The Morgan fingerprint density at radius 2 is 0.957 bits per heavy atom. The molecule has 0 fully saturated rings. The average molecular weight is 620 g/mol. The van der Waals surface area contributed by atoms with Crippen LogP contribution < -0.4 is 23.8 Å². The van der Waals surface area contributed by atoms with Gasteiger partial charge in [0.15, 0.2) is 0 Å². The molecule has 47 heavy (non-hydrogen) atoms. The van der Waals surface area contributed by atoms with Crippen LogP contribution in [-0.4, -0.2) is 13.1 Å². The average Bonchev–Trinajstić information content (AvgIpc) is 3.09. The Bertz CT molecular complexity index is 1990. The van der Waals surface area contributed by atoms with E-state index in [4.69, 9.17) is 18.9 Å². The van der Waals surface area contributed by atoms with E-state index in [0.717, 1.165) is 33.9 Å². The van der Waals surface area contributed by atoms with E-state index in [1.807, 2.05) is 97.1 Å². The van der Waals surface area contributed by atoms with E-state index in [1.165, 1.54) is 6.92 Å². The van der Waals surface area contributed by atoms with Crippen LogP contribution in [0, 0.1) is 0 Å². The molecule has 6 aromatic rings. The lowest BCUT2D eigenvalue weighted by atomic mass is 10.1. The Labute approximate surface area is 274 Å². The molecule has 0 amide bonds. The van der Waals surface area contributed by atoms with Crippen molar-refractivity contribution in [3.05, 3.63) is 163 Å². The second-order valence-corrected chi connectivity index (χ2v) is 10.6. The Kier molecular flexibility index (Phi) is 9.60. The van der Waals surface area contributed by atoms with Gasteiger partial charge in [-0.05, 0) is 71.8 Å². The number of hydrogen-bond donors (Lipinski definition) is 0. The first-order chi connectivity index (χ1) is 23.0. The summed E-state index contributed by atoms with van der Waals surface area (Å²) in [5.74, 6) is 3.28. The molecule has 0 aliphatic carbocycles. The van der Waals surface area contributed by atoms with E-state index in [-0.39, 0.29) is 5.97 Å². The smallest absolute Gasteiger partial charge is 0.308 e. The van der Waals surface area contributed by atoms with E-state index in [1.54, 1.807) is 25.3 Å². The third-order valence-electron chi connectivity index (χ3n) is 7.15. The highest BCUT2D eigenvalue weighted by Crippen LogP contribution is 2.39. The fraction of sp³-hybridized carbons (Fsp3) is 0.0488. The Morgan fingerprint density at radius 3 is 1.51 bits per heavy atom. The molecular weight excluding hydrogens is 586 g/mol. The van der Waals surface area contributed by atoms with E-state index in [0.29, 0.717) is 28.7 Å². The van der Waals surface area contributed by atoms with Crippen LogP contribution in [0.4, 0.5) is 17.1 Å². The normalized spacial score (nSPS) is 10.8. The molecule has 0 unspecified atom stereocenters. The third-order valence-corrected chi connectivity index (χ3v) is 7.15. The zero-order valence-electron chi connectivity index (χ0n) is 26.1. The molecule has 0 heterocycles. The number of methoxy groups -OCH3 is 1. The molecule has 0 saturated carbocycles. The number of carbonyl (C=O) groups is 1. The molecule has 232 valence electrons. The lowest BCUT2D eigenvalue weighted by molar-refractivity contribution is -0.131. The van der Waals surface area contributed by atoms with Gasteiger partial charge in [-0.15, -0.1) is 0 Å². The summed E-state index contributed by atoms with van der Waals surface area (Å²) in [5.41, 5.74) is 4.95. The van der Waals surface area contributed by atoms with E-state index in [9.17, 15) is 4.79 Å². The molecule has 0 saturated heterocycles. The van der Waals surface area contributed by atoms with Crippen molar-refractivity contribution in [3.8, 4) is 34.5 Å². The maximum absolute atomic E-state index is 11.5. The van der Waals surface area contributed by atoms with E-state index in [2.05, 4.69) is 53.5 Å². The van der Waals surface area contributed by atoms with Crippen molar-refractivity contribution in [2.75, 3.05) is 12.0 Å². The summed E-state index contributed by atoms with van der Waals surface area (Å²) in [4.78, 5) is 13.6. The van der Waals surface area contributed by atoms with Gasteiger partial charge in [0.05, 0.1) is 7.11 Å². The molecule has 0 aromatic heterocycles. The Hall–Kier alpha value is -6.27. The van der Waals surface area contributed by atoms with Crippen molar-refractivity contribution in [1.82, 2.24) is 0 Å². The molecule has 6 nitrogen and oxygen atoms in total. The second kappa shape index (κ2) is 14.7. The molecule has 0 spiro atoms. The van der Waals surface area contributed by atoms with Gasteiger partial charge in [0.2, 0.25) is 0 Å². The van der Waals surface area contributed by atoms with Crippen LogP contribution in [0.3, 0.4) is 0 Å². The number of nitrogens with zero attached hydrogens (tertiary/aromatic N) is 1. The summed E-state index contributed by atoms with van der Waals surface area (Å²) < 4.78 is 23.1. The Morgan fingerprint density at radius 1 is 0.489 bits per heavy atom. The third kappa shape index (κ3) is 8.26. The number of ether oxygens (including phenoxy) is 4. The maximum atomic E-state index is 11.5. The molecule has 0 aliphatic rings. The van der Waals surface area contributed by atoms with Crippen LogP contribution in [0.1, 0.15) is 18.1 Å². The summed E-state index contributed by atoms with van der Waals surface area (Å²) in [6.07, 6.45) is 4.20. The summed E-state index contributed by atoms with van der Waals surface area (Å²) in [6, 6.07) is 48.9. The van der Waals surface area contributed by atoms with Gasteiger partial charge >= 0.3 is 5.97 Å². The first-order valence-corrected chi connectivity index (χ1v) is 15.1. The second-order valence-electron chi connectivity index (χ2n) is 10.6. The van der Waals surface area contributed by atoms with Gasteiger partial charge in [0.1, 0.15) is 34.5 Å². The van der Waals surface area contributed by atoms with Crippen LogP contribution >= 0.6 is 0 Å². The highest BCUT2D eigenvalue weighted by molar-refractivity contribution is 5.79. The molecular formula is C41H33NO5. The van der Waals surface area contributed by atoms with Crippen LogP contribution in [0.2, 0.25) is 0 Å². The zero-order valence-corrected chi connectivity index (χ0v) is 26.1. The number of benzene rings is 6. The van der Waals surface area contributed by atoms with Crippen molar-refractivity contribution in [2.24, 2.45) is 0 Å². The fourth-order valence-electron chi connectivity index (χ4n) is 5.01. The van der Waals surface area contributed by atoms with Gasteiger partial charge in [0.25, 0.3) is 0 Å². The molecule has 6 heteroatoms. The van der Waals surface area contributed by atoms with Crippen molar-refractivity contribution >= 4 is 35.2 Å². The van der Waals surface area contributed by atoms with Crippen LogP contribution in [-0.2, 0) is 4.79 Å². The standard InChI is InChI=1S/C41H33NO5/c1-30(43)45-39-17-9-19-41(29-39)47-38-16-7-13-35(27-38)42(33-24-22-32(23-25-33)21-20-31-10-4-3-5-11-31)34-12-6-15-37(26-34)46-40-18-8-14-36(28-40)44-2/h3-29H,1-2H3. The summed E-state index contributed by atoms with van der Waals surface area (Å²) in [5, 5.41) is 0. The highest BCUT2D eigenvalue weighted by atomic mass is 16.5. The summed E-state index contributed by atoms with van der Waals surface area (Å²) in [6.45, 7) is 1.37. The van der Waals surface area contributed by atoms with Gasteiger partial charge in [-0.25, -0.2) is 0 Å². The van der Waals surface area contributed by atoms with Gasteiger partial charge in [-0.2, -0.15) is 0 Å².